The molecule has 0 saturated carbocycles. The van der Waals surface area contributed by atoms with E-state index in [0.717, 1.165) is 5.57 Å². The third-order valence-corrected chi connectivity index (χ3v) is 2.49. The number of likely N-dealkylation sites (N-methyl/N-ethyl adjacent to an activating group) is 1. The molecule has 0 amide bonds. The highest BCUT2D eigenvalue weighted by Crippen LogP contribution is 2.08. The summed E-state index contributed by atoms with van der Waals surface area (Å²) in [5.41, 5.74) is 1.29. The van der Waals surface area contributed by atoms with Crippen LogP contribution in [0.4, 0.5) is 0 Å². The van der Waals surface area contributed by atoms with Crippen LogP contribution < -0.4 is 0 Å². The van der Waals surface area contributed by atoms with Crippen molar-refractivity contribution in [1.29, 1.82) is 0 Å². The fraction of sp³-hybridized carbons (Fsp3) is 0.583. The Kier molecular flexibility index (Phi) is 5.94. The molecule has 15 heavy (non-hydrogen) atoms. The summed E-state index contributed by atoms with van der Waals surface area (Å²) in [6, 6.07) is 0.215. The Labute approximate surface area is 92.4 Å². The van der Waals surface area contributed by atoms with E-state index >= 15 is 0 Å². The number of rotatable bonds is 5. The summed E-state index contributed by atoms with van der Waals surface area (Å²) in [6.45, 7) is 9.80. The van der Waals surface area contributed by atoms with E-state index in [9.17, 15) is 4.79 Å². The molecule has 0 bridgehead atoms. The number of nitrogens with zero attached hydrogens (tertiary/aromatic N) is 1. The second-order valence-electron chi connectivity index (χ2n) is 3.86. The van der Waals surface area contributed by atoms with Crippen LogP contribution in [-0.2, 0) is 9.53 Å². The molecule has 0 spiro atoms. The van der Waals surface area contributed by atoms with Crippen molar-refractivity contribution in [3.05, 3.63) is 23.8 Å². The Balaban J connectivity index is 4.11. The molecule has 86 valence electrons. The van der Waals surface area contributed by atoms with Gasteiger partial charge in [0.25, 0.3) is 0 Å². The number of carbonyl (C=O) groups excluding carboxylic acids is 1. The molecule has 1 unspecified atom stereocenters. The summed E-state index contributed by atoms with van der Waals surface area (Å²) >= 11 is 0. The first kappa shape index (κ1) is 13.9. The third kappa shape index (κ3) is 4.79. The molecule has 0 heterocycles. The van der Waals surface area contributed by atoms with E-state index in [-0.39, 0.29) is 12.0 Å². The Hall–Kier alpha value is -1.09. The van der Waals surface area contributed by atoms with Crippen LogP contribution in [0.1, 0.15) is 20.8 Å². The Morgan fingerprint density at radius 2 is 2.07 bits per heavy atom. The van der Waals surface area contributed by atoms with Crippen molar-refractivity contribution in [2.45, 2.75) is 26.8 Å². The minimum atomic E-state index is -0.334. The van der Waals surface area contributed by atoms with E-state index in [1.165, 1.54) is 0 Å². The molecule has 0 saturated heterocycles. The number of esters is 1. The first-order valence-electron chi connectivity index (χ1n) is 5.05. The van der Waals surface area contributed by atoms with E-state index in [4.69, 9.17) is 4.74 Å². The quantitative estimate of drug-likeness (QED) is 0.396. The third-order valence-electron chi connectivity index (χ3n) is 2.49. The van der Waals surface area contributed by atoms with E-state index in [2.05, 4.69) is 6.58 Å². The minimum absolute atomic E-state index is 0.215. The molecule has 0 rings (SSSR count). The molecule has 1 atom stereocenters. The fourth-order valence-corrected chi connectivity index (χ4v) is 0.768. The molecule has 0 N–H and O–H groups in total. The van der Waals surface area contributed by atoms with Crippen LogP contribution in [0.2, 0.25) is 0 Å². The van der Waals surface area contributed by atoms with Crippen LogP contribution >= 0.6 is 0 Å². The maximum absolute atomic E-state index is 11.5. The molecular weight excluding hydrogens is 190 g/mol. The Morgan fingerprint density at radius 1 is 1.53 bits per heavy atom. The van der Waals surface area contributed by atoms with Crippen LogP contribution in [0.25, 0.3) is 0 Å². The molecule has 0 aromatic rings. The molecular formula is C12H21NO2. The first-order chi connectivity index (χ1) is 6.90. The maximum atomic E-state index is 11.5. The van der Waals surface area contributed by atoms with Crippen LogP contribution in [0.15, 0.2) is 23.8 Å². The van der Waals surface area contributed by atoms with Gasteiger partial charge in [0, 0.05) is 6.04 Å². The smallest absolute Gasteiger partial charge is 0.337 e. The Bertz CT molecular complexity index is 267. The highest BCUT2D eigenvalue weighted by atomic mass is 16.5. The molecule has 0 aliphatic carbocycles. The standard InChI is InChI=1S/C12H21NO2/c1-7-9(2)11(4)12(14)15-8-10(3)13(5)6/h7,10H,4,8H2,1-3,5-6H3/b9-7+. The van der Waals surface area contributed by atoms with Gasteiger partial charge in [0.1, 0.15) is 6.61 Å². The molecule has 0 aliphatic rings. The average Bonchev–Trinajstić information content (AvgIpc) is 2.22. The highest BCUT2D eigenvalue weighted by molar-refractivity contribution is 5.92. The number of allylic oxidation sites excluding steroid dienone is 1. The summed E-state index contributed by atoms with van der Waals surface area (Å²) < 4.78 is 5.13. The van der Waals surface area contributed by atoms with Crippen molar-refractivity contribution in [1.82, 2.24) is 4.90 Å². The molecule has 0 aromatic heterocycles. The monoisotopic (exact) mass is 211 g/mol. The van der Waals surface area contributed by atoms with Gasteiger partial charge in [-0.25, -0.2) is 4.79 Å². The van der Waals surface area contributed by atoms with Gasteiger partial charge in [-0.05, 0) is 40.4 Å². The van der Waals surface area contributed by atoms with E-state index in [0.29, 0.717) is 12.2 Å². The zero-order valence-electron chi connectivity index (χ0n) is 10.3. The lowest BCUT2D eigenvalue weighted by Crippen LogP contribution is -2.30. The topological polar surface area (TPSA) is 29.5 Å². The molecule has 3 nitrogen and oxygen atoms in total. The van der Waals surface area contributed by atoms with Gasteiger partial charge in [-0.15, -0.1) is 0 Å². The van der Waals surface area contributed by atoms with Crippen molar-refractivity contribution in [3.63, 3.8) is 0 Å². The van der Waals surface area contributed by atoms with Crippen molar-refractivity contribution >= 4 is 5.97 Å². The summed E-state index contributed by atoms with van der Waals surface area (Å²) in [6.07, 6.45) is 1.85. The summed E-state index contributed by atoms with van der Waals surface area (Å²) in [4.78, 5) is 13.5. The summed E-state index contributed by atoms with van der Waals surface area (Å²) in [5, 5.41) is 0. The fourth-order valence-electron chi connectivity index (χ4n) is 0.768. The van der Waals surface area contributed by atoms with E-state index in [1.807, 2.05) is 45.8 Å². The van der Waals surface area contributed by atoms with E-state index in [1.54, 1.807) is 0 Å². The van der Waals surface area contributed by atoms with Gasteiger partial charge in [0.2, 0.25) is 0 Å². The number of ether oxygens (including phenoxy) is 1. The predicted molar refractivity (Wildman–Crippen MR) is 62.7 cm³/mol. The molecule has 0 radical (unpaired) electrons. The van der Waals surface area contributed by atoms with Gasteiger partial charge in [-0.2, -0.15) is 0 Å². The number of hydrogen-bond acceptors (Lipinski definition) is 3. The number of carbonyl (C=O) groups is 1. The zero-order valence-corrected chi connectivity index (χ0v) is 10.3. The lowest BCUT2D eigenvalue weighted by Gasteiger charge is -2.19. The van der Waals surface area contributed by atoms with Gasteiger partial charge in [-0.3, -0.25) is 0 Å². The first-order valence-corrected chi connectivity index (χ1v) is 5.05. The van der Waals surface area contributed by atoms with Gasteiger partial charge >= 0.3 is 5.97 Å². The SMILES string of the molecule is C=C(C(=O)OCC(C)N(C)C)/C(C)=C/C. The van der Waals surface area contributed by atoms with Gasteiger partial charge in [-0.1, -0.05) is 12.7 Å². The highest BCUT2D eigenvalue weighted by Gasteiger charge is 2.12. The lowest BCUT2D eigenvalue weighted by atomic mass is 10.1. The second kappa shape index (κ2) is 6.40. The molecule has 0 aromatic carbocycles. The van der Waals surface area contributed by atoms with Crippen molar-refractivity contribution < 1.29 is 9.53 Å². The predicted octanol–water partition coefficient (Wildman–Crippen LogP) is 2.00. The van der Waals surface area contributed by atoms with Crippen molar-refractivity contribution in [3.8, 4) is 0 Å². The van der Waals surface area contributed by atoms with Crippen molar-refractivity contribution in [2.75, 3.05) is 20.7 Å². The van der Waals surface area contributed by atoms with Gasteiger partial charge in [0.05, 0.1) is 5.57 Å². The minimum Gasteiger partial charge on any atom is -0.460 e. The largest absolute Gasteiger partial charge is 0.460 e. The Morgan fingerprint density at radius 3 is 2.47 bits per heavy atom. The summed E-state index contributed by atoms with van der Waals surface area (Å²) in [7, 11) is 3.90. The maximum Gasteiger partial charge on any atom is 0.337 e. The zero-order chi connectivity index (χ0) is 12.0. The van der Waals surface area contributed by atoms with Crippen molar-refractivity contribution in [2.24, 2.45) is 0 Å². The van der Waals surface area contributed by atoms with Crippen LogP contribution in [0, 0.1) is 0 Å². The van der Waals surface area contributed by atoms with Crippen LogP contribution in [0.5, 0.6) is 0 Å². The molecule has 3 heteroatoms. The van der Waals surface area contributed by atoms with E-state index < -0.39 is 0 Å². The van der Waals surface area contributed by atoms with Gasteiger partial charge < -0.3 is 9.64 Å². The summed E-state index contributed by atoms with van der Waals surface area (Å²) in [5.74, 6) is -0.334. The molecule has 0 fully saturated rings. The van der Waals surface area contributed by atoms with Gasteiger partial charge in [0.15, 0.2) is 0 Å². The molecule has 0 aliphatic heterocycles. The lowest BCUT2D eigenvalue weighted by molar-refractivity contribution is -0.140. The second-order valence-corrected chi connectivity index (χ2v) is 3.86. The average molecular weight is 211 g/mol. The van der Waals surface area contributed by atoms with Crippen LogP contribution in [0.3, 0.4) is 0 Å². The normalized spacial score (nSPS) is 13.9. The van der Waals surface area contributed by atoms with Crippen LogP contribution in [-0.4, -0.2) is 37.6 Å². The number of hydrogen-bond donors (Lipinski definition) is 0.